The van der Waals surface area contributed by atoms with Crippen molar-refractivity contribution in [1.82, 2.24) is 0 Å². The third-order valence-corrected chi connectivity index (χ3v) is 3.71. The van der Waals surface area contributed by atoms with Crippen LogP contribution < -0.4 is 5.32 Å². The van der Waals surface area contributed by atoms with Crippen molar-refractivity contribution >= 4 is 17.6 Å². The zero-order valence-electron chi connectivity index (χ0n) is 15.3. The zero-order chi connectivity index (χ0) is 18.1. The first kappa shape index (κ1) is 20.2. The molecule has 0 fully saturated rings. The van der Waals surface area contributed by atoms with E-state index in [4.69, 9.17) is 9.47 Å². The monoisotopic (exact) mass is 335 g/mol. The van der Waals surface area contributed by atoms with Gasteiger partial charge in [-0.25, -0.2) is 4.79 Å². The number of nitrogens with one attached hydrogen (secondary N) is 1. The van der Waals surface area contributed by atoms with Crippen LogP contribution in [-0.4, -0.2) is 30.7 Å². The number of benzene rings is 1. The number of carbonyl (C=O) groups excluding carboxylic acids is 2. The van der Waals surface area contributed by atoms with Crippen LogP contribution in [0.1, 0.15) is 46.6 Å². The summed E-state index contributed by atoms with van der Waals surface area (Å²) in [6.07, 6.45) is 0.132. The average molecular weight is 335 g/mol. The van der Waals surface area contributed by atoms with Crippen LogP contribution in [0, 0.1) is 5.92 Å². The Bertz CT molecular complexity index is 542. The first-order chi connectivity index (χ1) is 11.3. The fraction of sp³-hybridized carbons (Fsp3) is 0.579. The van der Waals surface area contributed by atoms with Crippen molar-refractivity contribution in [3.8, 4) is 0 Å². The van der Waals surface area contributed by atoms with Gasteiger partial charge in [-0.1, -0.05) is 39.0 Å². The van der Waals surface area contributed by atoms with Crippen molar-refractivity contribution in [2.45, 2.75) is 59.7 Å². The van der Waals surface area contributed by atoms with E-state index in [9.17, 15) is 9.59 Å². The van der Waals surface area contributed by atoms with E-state index in [0.717, 1.165) is 24.1 Å². The lowest BCUT2D eigenvalue weighted by molar-refractivity contribution is -0.163. The van der Waals surface area contributed by atoms with Crippen LogP contribution in [0.2, 0.25) is 0 Å². The van der Waals surface area contributed by atoms with Crippen LogP contribution in [0.15, 0.2) is 24.3 Å². The first-order valence-electron chi connectivity index (χ1n) is 8.56. The maximum Gasteiger partial charge on any atom is 0.335 e. The van der Waals surface area contributed by atoms with Gasteiger partial charge in [-0.3, -0.25) is 4.79 Å². The quantitative estimate of drug-likeness (QED) is 0.701. The number of hydrogen-bond acceptors (Lipinski definition) is 4. The van der Waals surface area contributed by atoms with Crippen LogP contribution in [-0.2, 0) is 25.5 Å². The third kappa shape index (κ3) is 6.71. The highest BCUT2D eigenvalue weighted by Crippen LogP contribution is 2.16. The second-order valence-corrected chi connectivity index (χ2v) is 6.27. The Balaban J connectivity index is 2.49. The van der Waals surface area contributed by atoms with Gasteiger partial charge in [-0.05, 0) is 44.2 Å². The summed E-state index contributed by atoms with van der Waals surface area (Å²) in [5.41, 5.74) is 1.78. The van der Waals surface area contributed by atoms with Crippen molar-refractivity contribution in [2.24, 2.45) is 5.92 Å². The van der Waals surface area contributed by atoms with E-state index in [1.807, 2.05) is 31.2 Å². The molecule has 134 valence electrons. The lowest BCUT2D eigenvalue weighted by Crippen LogP contribution is -2.34. The van der Waals surface area contributed by atoms with Crippen molar-refractivity contribution in [1.29, 1.82) is 0 Å². The fourth-order valence-corrected chi connectivity index (χ4v) is 2.06. The normalized spacial score (nSPS) is 13.4. The molecule has 5 nitrogen and oxygen atoms in total. The minimum Gasteiger partial charge on any atom is -0.451 e. The summed E-state index contributed by atoms with van der Waals surface area (Å²) >= 11 is 0. The molecule has 1 rings (SSSR count). The summed E-state index contributed by atoms with van der Waals surface area (Å²) < 4.78 is 10.6. The SMILES string of the molecule is CCc1ccccc1NC(=O)C(C)OC(=O)C(C)OCCC(C)C. The molecule has 0 aliphatic heterocycles. The molecule has 1 aromatic rings. The number of anilines is 1. The third-order valence-electron chi connectivity index (χ3n) is 3.71. The number of aryl methyl sites for hydroxylation is 1. The Hall–Kier alpha value is -1.88. The summed E-state index contributed by atoms with van der Waals surface area (Å²) in [7, 11) is 0. The topological polar surface area (TPSA) is 64.6 Å². The minimum atomic E-state index is -0.876. The van der Waals surface area contributed by atoms with E-state index in [-0.39, 0.29) is 5.91 Å². The van der Waals surface area contributed by atoms with Crippen LogP contribution >= 0.6 is 0 Å². The van der Waals surface area contributed by atoms with Crippen LogP contribution in [0.5, 0.6) is 0 Å². The van der Waals surface area contributed by atoms with Crippen LogP contribution in [0.4, 0.5) is 5.69 Å². The zero-order valence-corrected chi connectivity index (χ0v) is 15.3. The number of rotatable bonds is 9. The van der Waals surface area contributed by atoms with E-state index in [1.54, 1.807) is 13.8 Å². The standard InChI is InChI=1S/C19H29NO4/c1-6-16-9-7-8-10-17(16)20-18(21)14(4)24-19(22)15(5)23-12-11-13(2)3/h7-10,13-15H,6,11-12H2,1-5H3,(H,20,21). The first-order valence-corrected chi connectivity index (χ1v) is 8.56. The molecule has 0 saturated carbocycles. The lowest BCUT2D eigenvalue weighted by atomic mass is 10.1. The van der Waals surface area contributed by atoms with Gasteiger partial charge in [-0.15, -0.1) is 0 Å². The van der Waals surface area contributed by atoms with E-state index in [1.165, 1.54) is 0 Å². The molecule has 0 heterocycles. The average Bonchev–Trinajstić information content (AvgIpc) is 2.54. The molecule has 1 amide bonds. The van der Waals surface area contributed by atoms with Crippen molar-refractivity contribution in [3.05, 3.63) is 29.8 Å². The van der Waals surface area contributed by atoms with Gasteiger partial charge < -0.3 is 14.8 Å². The highest BCUT2D eigenvalue weighted by atomic mass is 16.6. The molecule has 0 saturated heterocycles. The molecule has 2 atom stereocenters. The molecule has 0 spiro atoms. The Kier molecular flexibility index (Phi) is 8.47. The van der Waals surface area contributed by atoms with Crippen molar-refractivity contribution < 1.29 is 19.1 Å². The van der Waals surface area contributed by atoms with Gasteiger partial charge >= 0.3 is 5.97 Å². The summed E-state index contributed by atoms with van der Waals surface area (Å²) in [6, 6.07) is 7.57. The fourth-order valence-electron chi connectivity index (χ4n) is 2.06. The highest BCUT2D eigenvalue weighted by Gasteiger charge is 2.22. The maximum absolute atomic E-state index is 12.2. The molecule has 0 aliphatic carbocycles. The molecule has 1 N–H and O–H groups in total. The van der Waals surface area contributed by atoms with Gasteiger partial charge in [0.15, 0.2) is 12.2 Å². The molecular weight excluding hydrogens is 306 g/mol. The van der Waals surface area contributed by atoms with Gasteiger partial charge in [0.2, 0.25) is 0 Å². The van der Waals surface area contributed by atoms with Gasteiger partial charge in [0.05, 0.1) is 0 Å². The van der Waals surface area contributed by atoms with Crippen molar-refractivity contribution in [3.63, 3.8) is 0 Å². The molecule has 0 radical (unpaired) electrons. The molecule has 2 unspecified atom stereocenters. The highest BCUT2D eigenvalue weighted by molar-refractivity contribution is 5.95. The Labute approximate surface area is 144 Å². The molecule has 0 aliphatic rings. The number of carbonyl (C=O) groups is 2. The summed E-state index contributed by atoms with van der Waals surface area (Å²) in [5, 5.41) is 2.81. The molecule has 0 aromatic heterocycles. The number of ether oxygens (including phenoxy) is 2. The van der Waals surface area contributed by atoms with Gasteiger partial charge in [0, 0.05) is 12.3 Å². The molecule has 0 bridgehead atoms. The molecule has 5 heteroatoms. The summed E-state index contributed by atoms with van der Waals surface area (Å²) in [6.45, 7) is 9.89. The molecular formula is C19H29NO4. The number of hydrogen-bond donors (Lipinski definition) is 1. The predicted molar refractivity (Wildman–Crippen MR) is 94.9 cm³/mol. The van der Waals surface area contributed by atoms with E-state index in [2.05, 4.69) is 19.2 Å². The number of esters is 1. The van der Waals surface area contributed by atoms with Crippen LogP contribution in [0.3, 0.4) is 0 Å². The van der Waals surface area contributed by atoms with Crippen LogP contribution in [0.25, 0.3) is 0 Å². The number of amides is 1. The summed E-state index contributed by atoms with van der Waals surface area (Å²) in [4.78, 5) is 24.2. The van der Waals surface area contributed by atoms with Gasteiger partial charge in [0.1, 0.15) is 0 Å². The summed E-state index contributed by atoms with van der Waals surface area (Å²) in [5.74, 6) is -0.361. The second kappa shape index (κ2) is 10.1. The van der Waals surface area contributed by atoms with E-state index < -0.39 is 18.2 Å². The smallest absolute Gasteiger partial charge is 0.335 e. The second-order valence-electron chi connectivity index (χ2n) is 6.27. The Morgan fingerprint density at radius 1 is 1.08 bits per heavy atom. The van der Waals surface area contributed by atoms with E-state index in [0.29, 0.717) is 12.5 Å². The maximum atomic E-state index is 12.2. The van der Waals surface area contributed by atoms with Gasteiger partial charge in [0.25, 0.3) is 5.91 Å². The Morgan fingerprint density at radius 3 is 2.38 bits per heavy atom. The lowest BCUT2D eigenvalue weighted by Gasteiger charge is -2.18. The Morgan fingerprint density at radius 2 is 1.75 bits per heavy atom. The van der Waals surface area contributed by atoms with Crippen molar-refractivity contribution in [2.75, 3.05) is 11.9 Å². The predicted octanol–water partition coefficient (Wildman–Crippen LogP) is 3.57. The van der Waals surface area contributed by atoms with Gasteiger partial charge in [-0.2, -0.15) is 0 Å². The van der Waals surface area contributed by atoms with E-state index >= 15 is 0 Å². The molecule has 1 aromatic carbocycles. The largest absolute Gasteiger partial charge is 0.451 e. The minimum absolute atomic E-state index is 0.348. The molecule has 24 heavy (non-hydrogen) atoms. The number of para-hydroxylation sites is 1.